The Morgan fingerprint density at radius 2 is 0.664 bits per heavy atom. The van der Waals surface area contributed by atoms with Crippen molar-refractivity contribution in [1.82, 2.24) is 9.13 Å². The van der Waals surface area contributed by atoms with Gasteiger partial charge in [-0.15, -0.1) is 0 Å². The van der Waals surface area contributed by atoms with Crippen molar-refractivity contribution in [3.05, 3.63) is 381 Å². The van der Waals surface area contributed by atoms with E-state index in [1.54, 1.807) is 63.0 Å². The molecule has 18 nitrogen and oxygen atoms in total. The van der Waals surface area contributed by atoms with Crippen LogP contribution >= 0.6 is 0 Å². The molecule has 0 radical (unpaired) electrons. The van der Waals surface area contributed by atoms with Crippen LogP contribution in [0.1, 0.15) is 13.3 Å². The van der Waals surface area contributed by atoms with Crippen LogP contribution in [0.15, 0.2) is 371 Å². The number of nitrogens with zero attached hydrogens (tertiary/aromatic N) is 7. The average molecular weight is 1720 g/mol. The van der Waals surface area contributed by atoms with E-state index in [0.29, 0.717) is 17.2 Å². The molecular weight excluding hydrogens is 1630 g/mol. The van der Waals surface area contributed by atoms with E-state index in [1.165, 1.54) is 6.92 Å². The quantitative estimate of drug-likeness (QED) is 0.0165. The van der Waals surface area contributed by atoms with Gasteiger partial charge in [0.05, 0.1) is 83.5 Å². The van der Waals surface area contributed by atoms with Gasteiger partial charge < -0.3 is 76.1 Å². The molecule has 16 rings (SSSR count). The van der Waals surface area contributed by atoms with Gasteiger partial charge in [-0.25, -0.2) is 8.42 Å². The Bertz CT molecular complexity index is 6640. The first-order valence-corrected chi connectivity index (χ1v) is 42.9. The van der Waals surface area contributed by atoms with E-state index in [2.05, 4.69) is 217 Å². The average Bonchev–Trinajstić information content (AvgIpc) is 1.58. The van der Waals surface area contributed by atoms with Gasteiger partial charge in [-0.1, -0.05) is 68.3 Å². The topological polar surface area (TPSA) is 157 Å². The van der Waals surface area contributed by atoms with Crippen LogP contribution < -0.4 is 97.8 Å². The third kappa shape index (κ3) is 18.7. The van der Waals surface area contributed by atoms with E-state index >= 15 is 0 Å². The van der Waals surface area contributed by atoms with Gasteiger partial charge in [0.1, 0.15) is 46.0 Å². The molecule has 14 aromatic carbocycles. The molecule has 16 aromatic rings. The number of benzene rings is 14. The van der Waals surface area contributed by atoms with Crippen LogP contribution in [0.3, 0.4) is 0 Å². The van der Waals surface area contributed by atoms with E-state index in [9.17, 15) is 13.0 Å². The minimum atomic E-state index is -4.58. The van der Waals surface area contributed by atoms with Crippen molar-refractivity contribution >= 4 is 124 Å². The van der Waals surface area contributed by atoms with Gasteiger partial charge >= 0.3 is 29.6 Å². The number of hydrogen-bond acceptors (Lipinski definition) is 16. The summed E-state index contributed by atoms with van der Waals surface area (Å²) in [4.78, 5) is 10.7. The Hall–Kier alpha value is -14.6. The molecule has 1 atom stereocenters. The van der Waals surface area contributed by atoms with Crippen molar-refractivity contribution in [2.24, 2.45) is 0 Å². The second-order valence-corrected chi connectivity index (χ2v) is 32.1. The van der Waals surface area contributed by atoms with Crippen LogP contribution in [-0.4, -0.2) is 90.8 Å². The summed E-state index contributed by atoms with van der Waals surface area (Å²) in [7, 11) is 8.67. The van der Waals surface area contributed by atoms with E-state index in [1.807, 2.05) is 169 Å². The Morgan fingerprint density at radius 1 is 0.383 bits per heavy atom. The molecule has 1 unspecified atom stereocenters. The van der Waals surface area contributed by atoms with Gasteiger partial charge in [-0.3, -0.25) is 0 Å². The molecule has 2 heterocycles. The minimum Gasteiger partial charge on any atom is -0.748 e. The second-order valence-electron chi connectivity index (χ2n) is 30.3. The van der Waals surface area contributed by atoms with Crippen molar-refractivity contribution < 1.29 is 80.4 Å². The molecule has 20 heteroatoms. The Morgan fingerprint density at radius 3 is 0.969 bits per heavy atom. The van der Waals surface area contributed by atoms with Gasteiger partial charge in [0.25, 0.3) is 0 Å². The first-order chi connectivity index (χ1) is 61.9. The normalized spacial score (nSPS) is 11.9. The molecule has 0 saturated heterocycles. The fraction of sp³-hybridized carbons (Fsp3) is 0.111. The van der Waals surface area contributed by atoms with Crippen molar-refractivity contribution in [2.75, 3.05) is 87.9 Å². The monoisotopic (exact) mass is 1720 g/mol. The summed E-state index contributed by atoms with van der Waals surface area (Å²) in [6.45, 7) is 15.2. The Balaban J connectivity index is 0.0000126. The molecular formula is C108H96N7NaO11S. The van der Waals surface area contributed by atoms with Crippen molar-refractivity contribution in [2.45, 2.75) is 18.6 Å². The number of anilines is 12. The van der Waals surface area contributed by atoms with Gasteiger partial charge in [0.2, 0.25) is 0 Å². The Kier molecular flexibility index (Phi) is 27.1. The van der Waals surface area contributed by atoms with E-state index in [4.69, 9.17) is 51.1 Å². The van der Waals surface area contributed by atoms with E-state index < -0.39 is 15.4 Å². The molecule has 0 spiro atoms. The number of allylic oxidation sites excluding steroid dienone is 4. The summed E-state index contributed by atoms with van der Waals surface area (Å²) in [6.07, 6.45) is 9.47. The third-order valence-electron chi connectivity index (χ3n) is 23.0. The van der Waals surface area contributed by atoms with Crippen LogP contribution in [0.2, 0.25) is 0 Å². The fourth-order valence-corrected chi connectivity index (χ4v) is 16.5. The summed E-state index contributed by atoms with van der Waals surface area (Å²) < 4.78 is 86.9. The van der Waals surface area contributed by atoms with Gasteiger partial charge in [-0.2, -0.15) is 0 Å². The molecule has 636 valence electrons. The summed E-state index contributed by atoms with van der Waals surface area (Å²) in [5.41, 5.74) is 20.1. The predicted molar refractivity (Wildman–Crippen MR) is 517 cm³/mol. The van der Waals surface area contributed by atoms with Gasteiger partial charge in [0, 0.05) is 130 Å². The molecule has 0 saturated carbocycles. The fourth-order valence-electron chi connectivity index (χ4n) is 16.1. The maximum absolute atomic E-state index is 12.5. The number of ether oxygens (including phenoxy) is 8. The summed E-state index contributed by atoms with van der Waals surface area (Å²) in [6, 6.07) is 109. The third-order valence-corrected chi connectivity index (χ3v) is 24.2. The molecule has 2 aromatic heterocycles. The van der Waals surface area contributed by atoms with Crippen LogP contribution in [0.25, 0.3) is 79.0 Å². The SMILES string of the molecule is C=C/C(=C\C=C\N(C(=C)/C=c1\c(=C)n(-c2ccc(-c3ccc(N(CCC(C)S(=O)(=O)[O-])c4ccc(-c5ccc(-n6c7ccc(N(c8ccc(OC)cc8)c8ccc(OC)cc8)cc7c7cc(N(c8ccc(OC)cc8)c8ccc(OC)cc8)ccc76)cc5)cc4)cc3)cc2)c2ccc(N(c3ccc(OC)cc3)c3ccc(OC)cc3)cc12)c1ccc(OC)cc1)OC.[Na+]. The van der Waals surface area contributed by atoms with Crippen LogP contribution in [0, 0.1) is 0 Å². The smallest absolute Gasteiger partial charge is 0.748 e. The maximum Gasteiger partial charge on any atom is 1.00 e. The van der Waals surface area contributed by atoms with Crippen LogP contribution in [-0.2, 0) is 14.9 Å². The molecule has 0 aliphatic rings. The largest absolute Gasteiger partial charge is 1.00 e. The second kappa shape index (κ2) is 39.3. The molecule has 0 aliphatic carbocycles. The molecule has 0 fully saturated rings. The predicted octanol–water partition coefficient (Wildman–Crippen LogP) is 21.4. The van der Waals surface area contributed by atoms with Crippen LogP contribution in [0.4, 0.5) is 68.2 Å². The minimum absolute atomic E-state index is 0. The summed E-state index contributed by atoms with van der Waals surface area (Å²) >= 11 is 0. The molecule has 0 aliphatic heterocycles. The number of hydrogen-bond donors (Lipinski definition) is 0. The number of rotatable bonds is 33. The standard InChI is InChI=1S/C108H97N7O11S.Na/c1-13-94(119-5)15-14-67-109(80-32-49-95(120-6)50-33-80)73(2)69-102-75(4)111(106-63-46-91(70-103(102)106)112(84-34-51-96(121-7)52-35-84)85-36-53-97(122-8)54-37-85)83-28-20-78(21-29-83)76-16-24-81(25-17-76)110(68-66-74(3)127(116,117)118)82-26-18-77(19-27-82)79-22-30-90(31-23-79)115-107-64-47-92(113(86-38-55-98(123-9)56-39-86)87-40-57-99(124-10)58-41-87)71-104(107)105-72-93(48-65-108(105)115)114(88-42-59-100(125-11)60-43-88)89-44-61-101(126-12)62-45-89;/h13-65,67,69-72,74H,1-2,4,66,68H2,3,5-12H3,(H,116,117,118);/q;+1/p-1/b67-14+,94-15+,102-69+;. The van der Waals surface area contributed by atoms with Crippen molar-refractivity contribution in [3.63, 3.8) is 0 Å². The van der Waals surface area contributed by atoms with Gasteiger partial charge in [-0.05, 0) is 333 Å². The zero-order valence-corrected chi connectivity index (χ0v) is 75.9. The molecule has 0 N–H and O–H groups in total. The van der Waals surface area contributed by atoms with E-state index in [-0.39, 0.29) is 42.5 Å². The molecule has 0 amide bonds. The van der Waals surface area contributed by atoms with Crippen LogP contribution in [0.5, 0.6) is 40.2 Å². The van der Waals surface area contributed by atoms with E-state index in [0.717, 1.165) is 180 Å². The summed E-state index contributed by atoms with van der Waals surface area (Å²) in [5, 5.41) is 3.42. The first kappa shape index (κ1) is 88.3. The number of fused-ring (bicyclic) bond motifs is 4. The summed E-state index contributed by atoms with van der Waals surface area (Å²) in [5.74, 6) is 5.78. The zero-order valence-electron chi connectivity index (χ0n) is 73.1. The maximum atomic E-state index is 12.5. The van der Waals surface area contributed by atoms with Crippen molar-refractivity contribution in [3.8, 4) is 73.9 Å². The molecule has 128 heavy (non-hydrogen) atoms. The number of aromatic nitrogens is 2. The molecule has 0 bridgehead atoms. The Labute approximate surface area is 769 Å². The zero-order chi connectivity index (χ0) is 88.4. The van der Waals surface area contributed by atoms with Crippen molar-refractivity contribution in [1.29, 1.82) is 0 Å². The van der Waals surface area contributed by atoms with Gasteiger partial charge in [0.15, 0.2) is 0 Å². The first-order valence-electron chi connectivity index (χ1n) is 41.4. The number of methoxy groups -OCH3 is 8.